The Labute approximate surface area is 141 Å². The molecule has 1 heterocycles. The summed E-state index contributed by atoms with van der Waals surface area (Å²) in [7, 11) is 0. The molecule has 2 rings (SSSR count). The van der Waals surface area contributed by atoms with Crippen molar-refractivity contribution in [2.24, 2.45) is 0 Å². The number of nitrogens with one attached hydrogen (secondary N) is 2. The summed E-state index contributed by atoms with van der Waals surface area (Å²) in [5.74, 6) is -0.581. The third-order valence-corrected chi connectivity index (χ3v) is 3.34. The molecule has 1 aliphatic rings. The van der Waals surface area contributed by atoms with Crippen LogP contribution in [0.3, 0.4) is 0 Å². The molecule has 1 aromatic rings. The first-order chi connectivity index (χ1) is 11.2. The standard InChI is InChI=1S/C17H23N3O4/c1-17(2,3)24-16(23)20-10-13(11-20)19-14(21)9-18-15(22)12-7-5-4-6-8-12/h4-8,13H,9-11H2,1-3H3,(H,18,22)(H,19,21). The predicted octanol–water partition coefficient (Wildman–Crippen LogP) is 1.15. The first kappa shape index (κ1) is 17.8. The van der Waals surface area contributed by atoms with E-state index in [1.807, 2.05) is 6.07 Å². The topological polar surface area (TPSA) is 87.7 Å². The number of ether oxygens (including phenoxy) is 1. The minimum atomic E-state index is -0.535. The summed E-state index contributed by atoms with van der Waals surface area (Å²) in [6.45, 7) is 6.13. The van der Waals surface area contributed by atoms with Crippen LogP contribution in [0.2, 0.25) is 0 Å². The minimum Gasteiger partial charge on any atom is -0.444 e. The molecule has 0 aromatic heterocycles. The second-order valence-electron chi connectivity index (χ2n) is 6.70. The molecule has 7 heteroatoms. The van der Waals surface area contributed by atoms with Crippen LogP contribution in [0.5, 0.6) is 0 Å². The van der Waals surface area contributed by atoms with Crippen molar-refractivity contribution in [1.82, 2.24) is 15.5 Å². The predicted molar refractivity (Wildman–Crippen MR) is 88.5 cm³/mol. The number of rotatable bonds is 4. The highest BCUT2D eigenvalue weighted by molar-refractivity contribution is 5.96. The molecular weight excluding hydrogens is 310 g/mol. The van der Waals surface area contributed by atoms with Crippen LogP contribution in [0, 0.1) is 0 Å². The Morgan fingerprint density at radius 2 is 1.79 bits per heavy atom. The van der Waals surface area contributed by atoms with Crippen molar-refractivity contribution in [2.75, 3.05) is 19.6 Å². The van der Waals surface area contributed by atoms with Gasteiger partial charge in [0.15, 0.2) is 0 Å². The second kappa shape index (κ2) is 7.33. The fraction of sp³-hybridized carbons (Fsp3) is 0.471. The molecule has 7 nitrogen and oxygen atoms in total. The number of benzene rings is 1. The van der Waals surface area contributed by atoms with E-state index in [-0.39, 0.29) is 30.5 Å². The minimum absolute atomic E-state index is 0.101. The highest BCUT2D eigenvalue weighted by Crippen LogP contribution is 2.15. The van der Waals surface area contributed by atoms with Crippen LogP contribution in [0.4, 0.5) is 4.79 Å². The third-order valence-electron chi connectivity index (χ3n) is 3.34. The van der Waals surface area contributed by atoms with Crippen molar-refractivity contribution in [3.05, 3.63) is 35.9 Å². The lowest BCUT2D eigenvalue weighted by Crippen LogP contribution is -2.62. The number of hydrogen-bond acceptors (Lipinski definition) is 4. The van der Waals surface area contributed by atoms with Gasteiger partial charge in [0.05, 0.1) is 12.6 Å². The van der Waals surface area contributed by atoms with E-state index in [9.17, 15) is 14.4 Å². The van der Waals surface area contributed by atoms with E-state index in [0.29, 0.717) is 18.7 Å². The quantitative estimate of drug-likeness (QED) is 0.865. The molecule has 0 radical (unpaired) electrons. The Balaban J connectivity index is 1.66. The lowest BCUT2D eigenvalue weighted by Gasteiger charge is -2.39. The Morgan fingerprint density at radius 1 is 1.17 bits per heavy atom. The number of likely N-dealkylation sites (tertiary alicyclic amines) is 1. The molecular formula is C17H23N3O4. The molecule has 24 heavy (non-hydrogen) atoms. The van der Waals surface area contributed by atoms with Crippen molar-refractivity contribution in [1.29, 1.82) is 0 Å². The molecule has 0 bridgehead atoms. The van der Waals surface area contributed by atoms with Crippen LogP contribution in [0.15, 0.2) is 30.3 Å². The number of nitrogens with zero attached hydrogens (tertiary/aromatic N) is 1. The maximum absolute atomic E-state index is 11.8. The lowest BCUT2D eigenvalue weighted by atomic mass is 10.1. The first-order valence-electron chi connectivity index (χ1n) is 7.85. The van der Waals surface area contributed by atoms with E-state index in [1.54, 1.807) is 45.0 Å². The van der Waals surface area contributed by atoms with Gasteiger partial charge < -0.3 is 20.3 Å². The van der Waals surface area contributed by atoms with E-state index in [2.05, 4.69) is 10.6 Å². The van der Waals surface area contributed by atoms with Gasteiger partial charge in [0.2, 0.25) is 5.91 Å². The van der Waals surface area contributed by atoms with Gasteiger partial charge in [-0.3, -0.25) is 9.59 Å². The van der Waals surface area contributed by atoms with Crippen molar-refractivity contribution in [3.63, 3.8) is 0 Å². The van der Waals surface area contributed by atoms with Gasteiger partial charge in [-0.25, -0.2) is 4.79 Å². The zero-order chi connectivity index (χ0) is 17.7. The number of hydrogen-bond donors (Lipinski definition) is 2. The van der Waals surface area contributed by atoms with Crippen molar-refractivity contribution < 1.29 is 19.1 Å². The summed E-state index contributed by atoms with van der Waals surface area (Å²) in [6, 6.07) is 8.58. The molecule has 0 atom stereocenters. The zero-order valence-corrected chi connectivity index (χ0v) is 14.2. The number of carbonyl (C=O) groups is 3. The SMILES string of the molecule is CC(C)(C)OC(=O)N1CC(NC(=O)CNC(=O)c2ccccc2)C1. The molecule has 0 aliphatic carbocycles. The number of amides is 3. The van der Waals surface area contributed by atoms with Crippen molar-refractivity contribution in [2.45, 2.75) is 32.4 Å². The summed E-state index contributed by atoms with van der Waals surface area (Å²) < 4.78 is 5.24. The smallest absolute Gasteiger partial charge is 0.410 e. The van der Waals surface area contributed by atoms with E-state index < -0.39 is 5.60 Å². The Kier molecular flexibility index (Phi) is 5.43. The summed E-state index contributed by atoms with van der Waals surface area (Å²) >= 11 is 0. The van der Waals surface area contributed by atoms with Crippen LogP contribution in [-0.2, 0) is 9.53 Å². The van der Waals surface area contributed by atoms with E-state index in [1.165, 1.54) is 4.90 Å². The molecule has 130 valence electrons. The van der Waals surface area contributed by atoms with Crippen LogP contribution < -0.4 is 10.6 Å². The number of carbonyl (C=O) groups excluding carboxylic acids is 3. The Morgan fingerprint density at radius 3 is 2.38 bits per heavy atom. The largest absolute Gasteiger partial charge is 0.444 e. The normalized spacial score (nSPS) is 14.5. The van der Waals surface area contributed by atoms with Crippen LogP contribution in [0.1, 0.15) is 31.1 Å². The van der Waals surface area contributed by atoms with E-state index in [0.717, 1.165) is 0 Å². The van der Waals surface area contributed by atoms with Gasteiger partial charge in [-0.05, 0) is 32.9 Å². The second-order valence-corrected chi connectivity index (χ2v) is 6.70. The van der Waals surface area contributed by atoms with Crippen molar-refractivity contribution in [3.8, 4) is 0 Å². The van der Waals surface area contributed by atoms with Gasteiger partial charge in [0.25, 0.3) is 5.91 Å². The lowest BCUT2D eigenvalue weighted by molar-refractivity contribution is -0.122. The third kappa shape index (κ3) is 5.26. The molecule has 3 amide bonds. The first-order valence-corrected chi connectivity index (χ1v) is 7.85. The molecule has 0 unspecified atom stereocenters. The van der Waals surface area contributed by atoms with Gasteiger partial charge in [-0.1, -0.05) is 18.2 Å². The average Bonchev–Trinajstić information content (AvgIpc) is 2.47. The van der Waals surface area contributed by atoms with Gasteiger partial charge in [-0.15, -0.1) is 0 Å². The molecule has 1 aromatic carbocycles. The Bertz CT molecular complexity index is 604. The Hall–Kier alpha value is -2.57. The van der Waals surface area contributed by atoms with Crippen LogP contribution in [0.25, 0.3) is 0 Å². The van der Waals surface area contributed by atoms with Crippen LogP contribution in [-0.4, -0.2) is 54.1 Å². The zero-order valence-electron chi connectivity index (χ0n) is 14.2. The van der Waals surface area contributed by atoms with Crippen LogP contribution >= 0.6 is 0 Å². The van der Waals surface area contributed by atoms with Gasteiger partial charge >= 0.3 is 6.09 Å². The maximum Gasteiger partial charge on any atom is 0.410 e. The van der Waals surface area contributed by atoms with Crippen molar-refractivity contribution >= 4 is 17.9 Å². The average molecular weight is 333 g/mol. The summed E-state index contributed by atoms with van der Waals surface area (Å²) in [4.78, 5) is 37.0. The molecule has 2 N–H and O–H groups in total. The summed E-state index contributed by atoms with van der Waals surface area (Å²) in [5.41, 5.74) is -0.0299. The monoisotopic (exact) mass is 333 g/mol. The van der Waals surface area contributed by atoms with Gasteiger partial charge in [0, 0.05) is 18.7 Å². The molecule has 1 saturated heterocycles. The summed E-state index contributed by atoms with van der Waals surface area (Å²) in [5, 5.41) is 5.33. The molecule has 0 spiro atoms. The highest BCUT2D eigenvalue weighted by Gasteiger charge is 2.34. The maximum atomic E-state index is 11.8. The fourth-order valence-corrected chi connectivity index (χ4v) is 2.18. The van der Waals surface area contributed by atoms with Gasteiger partial charge in [0.1, 0.15) is 5.60 Å². The fourth-order valence-electron chi connectivity index (χ4n) is 2.18. The highest BCUT2D eigenvalue weighted by atomic mass is 16.6. The molecule has 1 fully saturated rings. The molecule has 0 saturated carbocycles. The summed E-state index contributed by atoms with van der Waals surface area (Å²) in [6.07, 6.45) is -0.384. The van der Waals surface area contributed by atoms with E-state index in [4.69, 9.17) is 4.74 Å². The van der Waals surface area contributed by atoms with E-state index >= 15 is 0 Å². The van der Waals surface area contributed by atoms with Gasteiger partial charge in [-0.2, -0.15) is 0 Å². The molecule has 1 aliphatic heterocycles.